The van der Waals surface area contributed by atoms with E-state index in [-0.39, 0.29) is 12.5 Å². The van der Waals surface area contributed by atoms with Gasteiger partial charge in [-0.3, -0.25) is 4.79 Å². The van der Waals surface area contributed by atoms with E-state index < -0.39 is 0 Å². The highest BCUT2D eigenvalue weighted by atomic mass is 35.5. The quantitative estimate of drug-likeness (QED) is 0.573. The first-order valence-electron chi connectivity index (χ1n) is 5.28. The van der Waals surface area contributed by atoms with Gasteiger partial charge in [-0.05, 0) is 37.5 Å². The Bertz CT molecular complexity index is 306. The average molecular weight is 242 g/mol. The summed E-state index contributed by atoms with van der Waals surface area (Å²) in [5.74, 6) is 0.438. The lowest BCUT2D eigenvalue weighted by atomic mass is 9.93. The summed E-state index contributed by atoms with van der Waals surface area (Å²) in [6.07, 6.45) is 8.15. The molecule has 0 spiro atoms. The Hall–Kier alpha value is -1.22. The van der Waals surface area contributed by atoms with Gasteiger partial charge in [-0.25, -0.2) is 0 Å². The Morgan fingerprint density at radius 1 is 1.56 bits per heavy atom. The molecule has 0 saturated heterocycles. The van der Waals surface area contributed by atoms with Crippen molar-refractivity contribution in [1.29, 1.82) is 0 Å². The minimum absolute atomic E-state index is 0.0183. The van der Waals surface area contributed by atoms with Gasteiger partial charge in [0.25, 0.3) is 5.91 Å². The van der Waals surface area contributed by atoms with Crippen LogP contribution >= 0.6 is 11.6 Å². The fourth-order valence-electron chi connectivity index (χ4n) is 1.28. The molecule has 0 aromatic heterocycles. The van der Waals surface area contributed by atoms with Gasteiger partial charge in [0.15, 0.2) is 6.61 Å². The van der Waals surface area contributed by atoms with Gasteiger partial charge in [-0.2, -0.15) is 0 Å². The monoisotopic (exact) mass is 241 g/mol. The largest absolute Gasteiger partial charge is 0.484 e. The molecular formula is C12H16ClNO2. The van der Waals surface area contributed by atoms with Crippen LogP contribution in [0, 0.1) is 0 Å². The molecule has 1 N–H and O–H groups in total. The van der Waals surface area contributed by atoms with Crippen LogP contribution in [0.25, 0.3) is 0 Å². The highest BCUT2D eigenvalue weighted by Crippen LogP contribution is 2.17. The summed E-state index contributed by atoms with van der Waals surface area (Å²) in [4.78, 5) is 11.4. The van der Waals surface area contributed by atoms with Crippen LogP contribution in [-0.4, -0.2) is 18.6 Å². The molecule has 1 amide bonds. The van der Waals surface area contributed by atoms with Gasteiger partial charge in [0.05, 0.1) is 0 Å². The van der Waals surface area contributed by atoms with Crippen LogP contribution in [0.5, 0.6) is 0 Å². The van der Waals surface area contributed by atoms with Crippen molar-refractivity contribution < 1.29 is 9.53 Å². The Balaban J connectivity index is 2.25. The van der Waals surface area contributed by atoms with E-state index >= 15 is 0 Å². The van der Waals surface area contributed by atoms with Crippen LogP contribution in [0.3, 0.4) is 0 Å². The second kappa shape index (κ2) is 7.12. The van der Waals surface area contributed by atoms with E-state index in [4.69, 9.17) is 16.3 Å². The van der Waals surface area contributed by atoms with Crippen LogP contribution in [-0.2, 0) is 9.53 Å². The van der Waals surface area contributed by atoms with Gasteiger partial charge in [0, 0.05) is 11.6 Å². The molecule has 1 rings (SSSR count). The van der Waals surface area contributed by atoms with Gasteiger partial charge in [0.1, 0.15) is 5.76 Å². The summed E-state index contributed by atoms with van der Waals surface area (Å²) in [5.41, 5.74) is 1.36. The molecule has 3 nitrogen and oxygen atoms in total. The fourth-order valence-corrected chi connectivity index (χ4v) is 1.35. The summed E-state index contributed by atoms with van der Waals surface area (Å²) in [7, 11) is 0. The van der Waals surface area contributed by atoms with Crippen molar-refractivity contribution in [3.05, 3.63) is 36.1 Å². The number of carbonyl (C=O) groups excluding carboxylic acids is 1. The summed E-state index contributed by atoms with van der Waals surface area (Å²) in [6, 6.07) is 0.343. The normalized spacial score (nSPS) is 16.9. The van der Waals surface area contributed by atoms with E-state index in [0.29, 0.717) is 11.8 Å². The van der Waals surface area contributed by atoms with Crippen LogP contribution in [0.15, 0.2) is 36.1 Å². The minimum atomic E-state index is -0.0905. The number of nitrogens with one attached hydrogen (secondary N) is 1. The van der Waals surface area contributed by atoms with Gasteiger partial charge in [-0.1, -0.05) is 18.2 Å². The molecule has 0 unspecified atom stereocenters. The number of rotatable bonds is 6. The molecular weight excluding hydrogens is 226 g/mol. The molecule has 0 aromatic rings. The van der Waals surface area contributed by atoms with E-state index in [9.17, 15) is 4.79 Å². The molecule has 0 aromatic carbocycles. The SMILES string of the molecule is C=C/C(=C\C=C\Cl)OCC(=O)NC1CCC1. The molecule has 1 fully saturated rings. The van der Waals surface area contributed by atoms with Gasteiger partial charge < -0.3 is 10.1 Å². The first kappa shape index (κ1) is 12.8. The van der Waals surface area contributed by atoms with Crippen molar-refractivity contribution >= 4 is 17.5 Å². The van der Waals surface area contributed by atoms with E-state index in [1.807, 2.05) is 0 Å². The number of ether oxygens (including phenoxy) is 1. The van der Waals surface area contributed by atoms with E-state index in [0.717, 1.165) is 12.8 Å². The fraction of sp³-hybridized carbons (Fsp3) is 0.417. The Labute approximate surface area is 101 Å². The second-order valence-electron chi connectivity index (χ2n) is 3.58. The molecule has 0 aliphatic heterocycles. The molecule has 0 bridgehead atoms. The summed E-state index contributed by atoms with van der Waals surface area (Å²) in [6.45, 7) is 3.60. The summed E-state index contributed by atoms with van der Waals surface area (Å²) >= 11 is 5.37. The van der Waals surface area contributed by atoms with Crippen molar-refractivity contribution in [3.63, 3.8) is 0 Å². The molecule has 1 aliphatic rings. The number of halogens is 1. The van der Waals surface area contributed by atoms with E-state index in [1.165, 1.54) is 18.0 Å². The lowest BCUT2D eigenvalue weighted by Crippen LogP contribution is -2.41. The number of allylic oxidation sites excluding steroid dienone is 3. The second-order valence-corrected chi connectivity index (χ2v) is 3.83. The molecule has 0 atom stereocenters. The van der Waals surface area contributed by atoms with Crippen LogP contribution in [0.1, 0.15) is 19.3 Å². The highest BCUT2D eigenvalue weighted by molar-refractivity contribution is 6.25. The third kappa shape index (κ3) is 4.53. The van der Waals surface area contributed by atoms with Crippen molar-refractivity contribution in [2.45, 2.75) is 25.3 Å². The zero-order valence-electron chi connectivity index (χ0n) is 9.12. The van der Waals surface area contributed by atoms with Gasteiger partial charge in [-0.15, -0.1) is 0 Å². The topological polar surface area (TPSA) is 38.3 Å². The molecule has 0 radical (unpaired) electrons. The van der Waals surface area contributed by atoms with Gasteiger partial charge in [0.2, 0.25) is 0 Å². The summed E-state index contributed by atoms with van der Waals surface area (Å²) < 4.78 is 5.25. The lowest BCUT2D eigenvalue weighted by molar-refractivity contribution is -0.125. The first-order chi connectivity index (χ1) is 7.76. The van der Waals surface area contributed by atoms with Crippen LogP contribution < -0.4 is 5.32 Å². The molecule has 0 heterocycles. The zero-order valence-corrected chi connectivity index (χ0v) is 9.87. The van der Waals surface area contributed by atoms with Crippen molar-refractivity contribution in [2.75, 3.05) is 6.61 Å². The van der Waals surface area contributed by atoms with Crippen molar-refractivity contribution in [2.24, 2.45) is 0 Å². The standard InChI is InChI=1S/C12H16ClNO2/c1-2-11(7-4-8-13)16-9-12(15)14-10-5-3-6-10/h2,4,7-8,10H,1,3,5-6,9H2,(H,14,15)/b8-4+,11-7+. The molecule has 16 heavy (non-hydrogen) atoms. The maximum absolute atomic E-state index is 11.4. The maximum atomic E-state index is 11.4. The van der Waals surface area contributed by atoms with E-state index in [2.05, 4.69) is 11.9 Å². The van der Waals surface area contributed by atoms with Crippen LogP contribution in [0.2, 0.25) is 0 Å². The first-order valence-corrected chi connectivity index (χ1v) is 5.71. The van der Waals surface area contributed by atoms with Crippen molar-refractivity contribution in [1.82, 2.24) is 5.32 Å². The molecule has 4 heteroatoms. The molecule has 1 aliphatic carbocycles. The third-order valence-electron chi connectivity index (χ3n) is 2.37. The Morgan fingerprint density at radius 2 is 2.31 bits per heavy atom. The number of hydrogen-bond donors (Lipinski definition) is 1. The lowest BCUT2D eigenvalue weighted by Gasteiger charge is -2.26. The molecule has 88 valence electrons. The predicted octanol–water partition coefficient (Wildman–Crippen LogP) is 2.49. The number of hydrogen-bond acceptors (Lipinski definition) is 2. The zero-order chi connectivity index (χ0) is 11.8. The van der Waals surface area contributed by atoms with Gasteiger partial charge >= 0.3 is 0 Å². The Kier molecular flexibility index (Phi) is 5.72. The highest BCUT2D eigenvalue weighted by Gasteiger charge is 2.19. The minimum Gasteiger partial charge on any atom is -0.484 e. The Morgan fingerprint density at radius 3 is 2.81 bits per heavy atom. The third-order valence-corrected chi connectivity index (χ3v) is 2.52. The maximum Gasteiger partial charge on any atom is 0.258 e. The van der Waals surface area contributed by atoms with Crippen LogP contribution in [0.4, 0.5) is 0 Å². The number of carbonyl (C=O) groups is 1. The summed E-state index contributed by atoms with van der Waals surface area (Å²) in [5, 5.41) is 2.88. The van der Waals surface area contributed by atoms with E-state index in [1.54, 1.807) is 12.2 Å². The van der Waals surface area contributed by atoms with Crippen molar-refractivity contribution in [3.8, 4) is 0 Å². The average Bonchev–Trinajstić information content (AvgIpc) is 2.24. The number of amides is 1. The predicted molar refractivity (Wildman–Crippen MR) is 65.0 cm³/mol. The smallest absolute Gasteiger partial charge is 0.258 e. The molecule has 1 saturated carbocycles.